The maximum Gasteiger partial charge on any atom is 0.152 e. The van der Waals surface area contributed by atoms with Crippen molar-refractivity contribution in [1.29, 1.82) is 0 Å². The van der Waals surface area contributed by atoms with Gasteiger partial charge in [0.1, 0.15) is 5.78 Å². The topological polar surface area (TPSA) is 55.4 Å². The molecular formula is C17H33NO3S. The summed E-state index contributed by atoms with van der Waals surface area (Å²) in [5, 5.41) is 3.28. The lowest BCUT2D eigenvalue weighted by Crippen LogP contribution is -2.47. The van der Waals surface area contributed by atoms with Crippen molar-refractivity contribution in [2.24, 2.45) is 5.92 Å². The van der Waals surface area contributed by atoms with Crippen molar-refractivity contribution < 1.29 is 14.3 Å². The molecule has 0 aliphatic heterocycles. The van der Waals surface area contributed by atoms with Gasteiger partial charge in [0.05, 0.1) is 16.9 Å². The van der Waals surface area contributed by atoms with Crippen LogP contribution in [0.1, 0.15) is 60.8 Å². The van der Waals surface area contributed by atoms with Crippen LogP contribution < -0.4 is 5.32 Å². The minimum Gasteiger partial charge on any atom is -0.381 e. The van der Waals surface area contributed by atoms with Crippen LogP contribution >= 0.6 is 12.6 Å². The monoisotopic (exact) mass is 331 g/mol. The van der Waals surface area contributed by atoms with Crippen LogP contribution in [0.5, 0.6) is 0 Å². The van der Waals surface area contributed by atoms with Gasteiger partial charge in [0, 0.05) is 19.4 Å². The van der Waals surface area contributed by atoms with E-state index in [4.69, 9.17) is 4.74 Å². The van der Waals surface area contributed by atoms with Gasteiger partial charge in [-0.2, -0.15) is 12.6 Å². The Balaban J connectivity index is 3.77. The van der Waals surface area contributed by atoms with Crippen molar-refractivity contribution >= 4 is 24.2 Å². The molecule has 0 heterocycles. The van der Waals surface area contributed by atoms with Crippen LogP contribution in [0.15, 0.2) is 0 Å². The lowest BCUT2D eigenvalue weighted by Gasteiger charge is -2.25. The molecule has 130 valence electrons. The van der Waals surface area contributed by atoms with E-state index in [1.165, 1.54) is 0 Å². The van der Waals surface area contributed by atoms with Crippen LogP contribution in [-0.2, 0) is 14.3 Å². The summed E-state index contributed by atoms with van der Waals surface area (Å²) < 4.78 is 4.87. The molecule has 0 fully saturated rings. The van der Waals surface area contributed by atoms with Crippen LogP contribution in [0.3, 0.4) is 0 Å². The van der Waals surface area contributed by atoms with Crippen LogP contribution in [0, 0.1) is 5.92 Å². The second kappa shape index (κ2) is 9.68. The van der Waals surface area contributed by atoms with Crippen molar-refractivity contribution in [1.82, 2.24) is 5.32 Å². The van der Waals surface area contributed by atoms with Gasteiger partial charge in [-0.15, -0.1) is 0 Å². The number of hydrogen-bond donors (Lipinski definition) is 2. The minimum absolute atomic E-state index is 0.0920. The third kappa shape index (κ3) is 9.59. The normalized spacial score (nSPS) is 12.7. The Kier molecular flexibility index (Phi) is 9.51. The number of rotatable bonds is 12. The highest BCUT2D eigenvalue weighted by Gasteiger charge is 2.26. The van der Waals surface area contributed by atoms with Crippen LogP contribution in [-0.4, -0.2) is 41.6 Å². The fourth-order valence-corrected chi connectivity index (χ4v) is 1.98. The molecular weight excluding hydrogens is 298 g/mol. The largest absolute Gasteiger partial charge is 0.381 e. The zero-order valence-corrected chi connectivity index (χ0v) is 15.9. The van der Waals surface area contributed by atoms with E-state index < -0.39 is 10.3 Å². The molecule has 5 heteroatoms. The molecule has 0 spiro atoms. The Morgan fingerprint density at radius 3 is 2.18 bits per heavy atom. The summed E-state index contributed by atoms with van der Waals surface area (Å²) in [7, 11) is 0. The average molecular weight is 332 g/mol. The molecule has 22 heavy (non-hydrogen) atoms. The van der Waals surface area contributed by atoms with E-state index in [0.29, 0.717) is 32.0 Å². The van der Waals surface area contributed by atoms with Crippen LogP contribution in [0.2, 0.25) is 0 Å². The summed E-state index contributed by atoms with van der Waals surface area (Å²) in [6.07, 6.45) is 1.80. The molecule has 0 aromatic carbocycles. The fraction of sp³-hybridized carbons (Fsp3) is 0.882. The van der Waals surface area contributed by atoms with Gasteiger partial charge >= 0.3 is 0 Å². The van der Waals surface area contributed by atoms with Gasteiger partial charge in [-0.25, -0.2) is 0 Å². The van der Waals surface area contributed by atoms with Gasteiger partial charge in [0.2, 0.25) is 0 Å². The lowest BCUT2D eigenvalue weighted by atomic mass is 9.92. The minimum atomic E-state index is -0.592. The summed E-state index contributed by atoms with van der Waals surface area (Å²) in [6, 6.07) is 0. The van der Waals surface area contributed by atoms with Gasteiger partial charge in [-0.1, -0.05) is 13.8 Å². The summed E-state index contributed by atoms with van der Waals surface area (Å²) in [5.41, 5.74) is -0.490. The predicted octanol–water partition coefficient (Wildman–Crippen LogP) is 3.04. The Morgan fingerprint density at radius 1 is 1.09 bits per heavy atom. The van der Waals surface area contributed by atoms with Crippen molar-refractivity contribution in [3.63, 3.8) is 0 Å². The molecule has 1 N–H and O–H groups in total. The summed E-state index contributed by atoms with van der Waals surface area (Å²) in [6.45, 7) is 13.3. The molecule has 0 saturated carbocycles. The number of hydrogen-bond acceptors (Lipinski definition) is 5. The van der Waals surface area contributed by atoms with Crippen LogP contribution in [0.4, 0.5) is 0 Å². The third-order valence-electron chi connectivity index (χ3n) is 3.48. The predicted molar refractivity (Wildman–Crippen MR) is 94.7 cm³/mol. The number of carbonyl (C=O) groups excluding carboxylic acids is 2. The fourth-order valence-electron chi connectivity index (χ4n) is 1.87. The van der Waals surface area contributed by atoms with Crippen molar-refractivity contribution in [2.45, 2.75) is 71.1 Å². The zero-order valence-electron chi connectivity index (χ0n) is 15.0. The van der Waals surface area contributed by atoms with E-state index in [9.17, 15) is 9.59 Å². The van der Waals surface area contributed by atoms with Gasteiger partial charge in [-0.05, 0) is 46.6 Å². The first-order valence-corrected chi connectivity index (χ1v) is 8.53. The quantitative estimate of drug-likeness (QED) is 0.426. The van der Waals surface area contributed by atoms with Gasteiger partial charge < -0.3 is 10.1 Å². The van der Waals surface area contributed by atoms with Crippen molar-refractivity contribution in [3.8, 4) is 0 Å². The molecule has 0 bridgehead atoms. The summed E-state index contributed by atoms with van der Waals surface area (Å²) in [5.74, 6) is 0.713. The third-order valence-corrected chi connectivity index (χ3v) is 3.73. The number of carbonyl (C=O) groups is 2. The summed E-state index contributed by atoms with van der Waals surface area (Å²) >= 11 is 4.24. The Hall–Kier alpha value is -0.390. The Labute approximate surface area is 141 Å². The highest BCUT2D eigenvalue weighted by atomic mass is 32.1. The first kappa shape index (κ1) is 21.6. The molecule has 0 radical (unpaired) electrons. The molecule has 0 aliphatic carbocycles. The molecule has 0 aromatic rings. The smallest absolute Gasteiger partial charge is 0.152 e. The highest BCUT2D eigenvalue weighted by Crippen LogP contribution is 2.15. The molecule has 0 saturated heterocycles. The molecule has 0 aromatic heterocycles. The number of ether oxygens (including phenoxy) is 1. The standard InChI is InChI=1S/C17H33NO3S/c1-13(2)12-15(20)16(3,4)18-9-7-10-21-11-8-14(19)17(5,6)22/h13,18,22H,7-12H2,1-6H3. The maximum atomic E-state index is 12.1. The van der Waals surface area contributed by atoms with Gasteiger partial charge in [0.15, 0.2) is 5.78 Å². The number of ketones is 2. The maximum absolute atomic E-state index is 12.1. The van der Waals surface area contributed by atoms with E-state index in [1.807, 2.05) is 13.8 Å². The second-order valence-electron chi connectivity index (χ2n) is 7.27. The molecule has 0 rings (SSSR count). The van der Waals surface area contributed by atoms with E-state index in [0.717, 1.165) is 13.0 Å². The first-order chi connectivity index (χ1) is 9.97. The van der Waals surface area contributed by atoms with Crippen LogP contribution in [0.25, 0.3) is 0 Å². The molecule has 0 amide bonds. The van der Waals surface area contributed by atoms with Crippen molar-refractivity contribution in [2.75, 3.05) is 19.8 Å². The van der Waals surface area contributed by atoms with E-state index in [-0.39, 0.29) is 11.6 Å². The zero-order chi connectivity index (χ0) is 17.4. The number of nitrogens with one attached hydrogen (secondary N) is 1. The number of Topliss-reactive ketones (excluding diaryl/α,β-unsaturated/α-hetero) is 2. The average Bonchev–Trinajstić information content (AvgIpc) is 2.35. The lowest BCUT2D eigenvalue weighted by molar-refractivity contribution is -0.125. The van der Waals surface area contributed by atoms with E-state index in [2.05, 4.69) is 31.8 Å². The Morgan fingerprint density at radius 2 is 1.68 bits per heavy atom. The van der Waals surface area contributed by atoms with E-state index in [1.54, 1.807) is 13.8 Å². The molecule has 0 atom stereocenters. The van der Waals surface area contributed by atoms with Gasteiger partial charge in [0.25, 0.3) is 0 Å². The summed E-state index contributed by atoms with van der Waals surface area (Å²) in [4.78, 5) is 23.7. The SMILES string of the molecule is CC(C)CC(=O)C(C)(C)NCCCOCCC(=O)C(C)(C)S. The number of thiol groups is 1. The molecule has 4 nitrogen and oxygen atoms in total. The van der Waals surface area contributed by atoms with Crippen molar-refractivity contribution in [3.05, 3.63) is 0 Å². The first-order valence-electron chi connectivity index (χ1n) is 8.08. The molecule has 0 aliphatic rings. The second-order valence-corrected chi connectivity index (χ2v) is 8.39. The molecule has 0 unspecified atom stereocenters. The van der Waals surface area contributed by atoms with E-state index >= 15 is 0 Å². The van der Waals surface area contributed by atoms with Gasteiger partial charge in [-0.3, -0.25) is 9.59 Å². The highest BCUT2D eigenvalue weighted by molar-refractivity contribution is 7.82. The Bertz CT molecular complexity index is 359.